The molecule has 0 saturated carbocycles. The molecule has 1 aromatic heterocycles. The van der Waals surface area contributed by atoms with E-state index >= 15 is 0 Å². The van der Waals surface area contributed by atoms with Gasteiger partial charge in [0.05, 0.1) is 0 Å². The molecule has 1 fully saturated rings. The average molecular weight is 273 g/mol. The van der Waals surface area contributed by atoms with E-state index in [9.17, 15) is 0 Å². The molecule has 1 N–H and O–H groups in total. The zero-order valence-electron chi connectivity index (χ0n) is 9.13. The van der Waals surface area contributed by atoms with E-state index in [-0.39, 0.29) is 24.8 Å². The lowest BCUT2D eigenvalue weighted by molar-refractivity contribution is 0.144. The van der Waals surface area contributed by atoms with E-state index in [1.54, 1.807) is 6.20 Å². The van der Waals surface area contributed by atoms with E-state index in [1.165, 1.54) is 0 Å². The van der Waals surface area contributed by atoms with Crippen LogP contribution in [0.2, 0.25) is 0 Å². The number of rotatable bonds is 2. The molecule has 2 aromatic rings. The molecule has 17 heavy (non-hydrogen) atoms. The molecule has 1 aliphatic rings. The Bertz CT molecular complexity index is 483. The fourth-order valence-corrected chi connectivity index (χ4v) is 1.70. The summed E-state index contributed by atoms with van der Waals surface area (Å²) in [6.07, 6.45) is 2.10. The Morgan fingerprint density at radius 1 is 1.12 bits per heavy atom. The van der Waals surface area contributed by atoms with Crippen LogP contribution in [0.25, 0.3) is 10.9 Å². The van der Waals surface area contributed by atoms with Crippen LogP contribution in [0.5, 0.6) is 5.75 Å². The van der Waals surface area contributed by atoms with E-state index < -0.39 is 0 Å². The van der Waals surface area contributed by atoms with Crippen molar-refractivity contribution >= 4 is 35.7 Å². The number of hydrogen-bond donors (Lipinski definition) is 1. The fraction of sp³-hybridized carbons (Fsp3) is 0.250. The zero-order chi connectivity index (χ0) is 10.1. The molecule has 3 nitrogen and oxygen atoms in total. The first-order chi connectivity index (χ1) is 7.43. The molecule has 1 saturated heterocycles. The van der Waals surface area contributed by atoms with E-state index in [0.29, 0.717) is 6.10 Å². The number of para-hydroxylation sites is 1. The maximum Gasteiger partial charge on any atom is 0.146 e. The predicted octanol–water partition coefficient (Wildman–Crippen LogP) is 2.43. The molecule has 0 unspecified atom stereocenters. The van der Waals surface area contributed by atoms with Crippen LogP contribution in [0.4, 0.5) is 0 Å². The van der Waals surface area contributed by atoms with Gasteiger partial charge in [-0.2, -0.15) is 0 Å². The Balaban J connectivity index is 0.000000722. The van der Waals surface area contributed by atoms with Gasteiger partial charge in [-0.25, -0.2) is 0 Å². The lowest BCUT2D eigenvalue weighted by atomic mass is 10.2. The summed E-state index contributed by atoms with van der Waals surface area (Å²) in [6, 6.07) is 10.0. The van der Waals surface area contributed by atoms with Crippen LogP contribution in [-0.2, 0) is 0 Å². The second kappa shape index (κ2) is 6.05. The molecule has 92 valence electrons. The van der Waals surface area contributed by atoms with E-state index in [4.69, 9.17) is 4.74 Å². The standard InChI is InChI=1S/C12H12N2O.2ClH/c1-3-9-4-2-6-14-12(9)11(5-1)15-10-7-13-8-10;;/h1-6,10,13H,7-8H2;2*1H. The third-order valence-electron chi connectivity index (χ3n) is 2.63. The van der Waals surface area contributed by atoms with Crippen molar-refractivity contribution in [2.24, 2.45) is 0 Å². The number of hydrogen-bond acceptors (Lipinski definition) is 3. The largest absolute Gasteiger partial charge is 0.485 e. The summed E-state index contributed by atoms with van der Waals surface area (Å²) < 4.78 is 5.84. The highest BCUT2D eigenvalue weighted by molar-refractivity contribution is 5.85. The number of benzene rings is 1. The molecule has 1 aromatic carbocycles. The normalized spacial score (nSPS) is 14.4. The van der Waals surface area contributed by atoms with Crippen molar-refractivity contribution in [3.63, 3.8) is 0 Å². The third kappa shape index (κ3) is 2.80. The van der Waals surface area contributed by atoms with Gasteiger partial charge in [-0.3, -0.25) is 4.98 Å². The van der Waals surface area contributed by atoms with Crippen molar-refractivity contribution in [2.45, 2.75) is 6.10 Å². The van der Waals surface area contributed by atoms with Gasteiger partial charge < -0.3 is 10.1 Å². The van der Waals surface area contributed by atoms with E-state index in [2.05, 4.69) is 10.3 Å². The Labute approximate surface area is 112 Å². The molecule has 0 atom stereocenters. The molecule has 0 amide bonds. The van der Waals surface area contributed by atoms with Crippen molar-refractivity contribution in [3.8, 4) is 5.75 Å². The van der Waals surface area contributed by atoms with Crippen LogP contribution >= 0.6 is 24.8 Å². The minimum absolute atomic E-state index is 0. The van der Waals surface area contributed by atoms with Crippen LogP contribution in [0.15, 0.2) is 36.5 Å². The Kier molecular flexibility index (Phi) is 5.00. The first-order valence-corrected chi connectivity index (χ1v) is 5.14. The maximum absolute atomic E-state index is 5.84. The Morgan fingerprint density at radius 3 is 2.59 bits per heavy atom. The van der Waals surface area contributed by atoms with Crippen LogP contribution in [0, 0.1) is 0 Å². The SMILES string of the molecule is Cl.Cl.c1cnc2c(OC3CNC3)cccc2c1. The zero-order valence-corrected chi connectivity index (χ0v) is 10.8. The van der Waals surface area contributed by atoms with Gasteiger partial charge in [0.2, 0.25) is 0 Å². The number of halogens is 2. The number of ether oxygens (including phenoxy) is 1. The van der Waals surface area contributed by atoms with Crippen molar-refractivity contribution < 1.29 is 4.74 Å². The molecule has 0 spiro atoms. The van der Waals surface area contributed by atoms with Gasteiger partial charge in [0.25, 0.3) is 0 Å². The average Bonchev–Trinajstić information content (AvgIpc) is 2.23. The van der Waals surface area contributed by atoms with Crippen molar-refractivity contribution in [1.82, 2.24) is 10.3 Å². The Hall–Kier alpha value is -1.03. The van der Waals surface area contributed by atoms with Gasteiger partial charge in [0, 0.05) is 24.7 Å². The molecule has 3 rings (SSSR count). The molecular weight excluding hydrogens is 259 g/mol. The Morgan fingerprint density at radius 2 is 1.88 bits per heavy atom. The summed E-state index contributed by atoms with van der Waals surface area (Å²) in [4.78, 5) is 4.35. The van der Waals surface area contributed by atoms with Crippen LogP contribution < -0.4 is 10.1 Å². The quantitative estimate of drug-likeness (QED) is 0.912. The summed E-state index contributed by atoms with van der Waals surface area (Å²) in [7, 11) is 0. The first kappa shape index (κ1) is 14.0. The molecule has 2 heterocycles. The van der Waals surface area contributed by atoms with Gasteiger partial charge in [0.1, 0.15) is 17.4 Å². The number of pyridine rings is 1. The summed E-state index contributed by atoms with van der Waals surface area (Å²) in [5, 5.41) is 4.31. The summed E-state index contributed by atoms with van der Waals surface area (Å²) >= 11 is 0. The summed E-state index contributed by atoms with van der Waals surface area (Å²) in [6.45, 7) is 1.87. The number of fused-ring (bicyclic) bond motifs is 1. The minimum Gasteiger partial charge on any atom is -0.485 e. The number of nitrogens with one attached hydrogen (secondary N) is 1. The first-order valence-electron chi connectivity index (χ1n) is 5.14. The van der Waals surface area contributed by atoms with E-state index in [0.717, 1.165) is 29.7 Å². The lowest BCUT2D eigenvalue weighted by Crippen LogP contribution is -2.50. The van der Waals surface area contributed by atoms with Gasteiger partial charge >= 0.3 is 0 Å². The molecule has 0 aliphatic carbocycles. The van der Waals surface area contributed by atoms with Crippen molar-refractivity contribution in [1.29, 1.82) is 0 Å². The second-order valence-electron chi connectivity index (χ2n) is 3.73. The smallest absolute Gasteiger partial charge is 0.146 e. The number of nitrogens with zero attached hydrogens (tertiary/aromatic N) is 1. The van der Waals surface area contributed by atoms with Crippen molar-refractivity contribution in [2.75, 3.05) is 13.1 Å². The van der Waals surface area contributed by atoms with Crippen LogP contribution in [0.1, 0.15) is 0 Å². The summed E-state index contributed by atoms with van der Waals surface area (Å²) in [5.74, 6) is 0.889. The highest BCUT2D eigenvalue weighted by Gasteiger charge is 2.19. The number of aromatic nitrogens is 1. The topological polar surface area (TPSA) is 34.1 Å². The second-order valence-corrected chi connectivity index (χ2v) is 3.73. The highest BCUT2D eigenvalue weighted by atomic mass is 35.5. The molecule has 0 bridgehead atoms. The van der Waals surface area contributed by atoms with Crippen LogP contribution in [-0.4, -0.2) is 24.2 Å². The molecule has 1 aliphatic heterocycles. The maximum atomic E-state index is 5.84. The minimum atomic E-state index is 0. The summed E-state index contributed by atoms with van der Waals surface area (Å²) in [5.41, 5.74) is 0.951. The van der Waals surface area contributed by atoms with E-state index in [1.807, 2.05) is 30.3 Å². The van der Waals surface area contributed by atoms with Gasteiger partial charge in [0.15, 0.2) is 0 Å². The lowest BCUT2D eigenvalue weighted by Gasteiger charge is -2.28. The van der Waals surface area contributed by atoms with Gasteiger partial charge in [-0.05, 0) is 12.1 Å². The van der Waals surface area contributed by atoms with Gasteiger partial charge in [-0.15, -0.1) is 24.8 Å². The van der Waals surface area contributed by atoms with Gasteiger partial charge in [-0.1, -0.05) is 18.2 Å². The third-order valence-corrected chi connectivity index (χ3v) is 2.63. The van der Waals surface area contributed by atoms with Crippen LogP contribution in [0.3, 0.4) is 0 Å². The molecular formula is C12H14Cl2N2O. The highest BCUT2D eigenvalue weighted by Crippen LogP contribution is 2.24. The molecule has 0 radical (unpaired) electrons. The predicted molar refractivity (Wildman–Crippen MR) is 73.5 cm³/mol. The monoisotopic (exact) mass is 272 g/mol. The fourth-order valence-electron chi connectivity index (χ4n) is 1.70. The van der Waals surface area contributed by atoms with Crippen molar-refractivity contribution in [3.05, 3.63) is 36.5 Å². The molecule has 5 heteroatoms.